The Morgan fingerprint density at radius 2 is 1.25 bits per heavy atom. The van der Waals surface area contributed by atoms with E-state index in [2.05, 4.69) is 47.2 Å². The van der Waals surface area contributed by atoms with Crippen LogP contribution in [0.1, 0.15) is 162 Å². The lowest BCUT2D eigenvalue weighted by molar-refractivity contribution is -0.161. The van der Waals surface area contributed by atoms with Crippen LogP contribution in [0.3, 0.4) is 0 Å². The fourth-order valence-corrected chi connectivity index (χ4v) is 8.04. The normalized spacial score (nSPS) is 19.6. The first-order chi connectivity index (χ1) is 30.6. The van der Waals surface area contributed by atoms with Crippen molar-refractivity contribution in [3.63, 3.8) is 0 Å². The van der Waals surface area contributed by atoms with E-state index in [0.29, 0.717) is 32.1 Å². The highest BCUT2D eigenvalue weighted by atomic mass is 31.2. The van der Waals surface area contributed by atoms with Crippen LogP contribution in [0.5, 0.6) is 0 Å². The largest absolute Gasteiger partial charge is 0.472 e. The predicted molar refractivity (Wildman–Crippen MR) is 245 cm³/mol. The second-order valence-corrected chi connectivity index (χ2v) is 19.2. The minimum atomic E-state index is -4.90. The van der Waals surface area contributed by atoms with Gasteiger partial charge in [-0.05, 0) is 64.2 Å². The van der Waals surface area contributed by atoms with Crippen molar-refractivity contribution in [3.05, 3.63) is 48.6 Å². The molecule has 64 heavy (non-hydrogen) atoms. The molecule has 0 bridgehead atoms. The summed E-state index contributed by atoms with van der Waals surface area (Å²) in [5.41, 5.74) is 0. The van der Waals surface area contributed by atoms with E-state index in [1.54, 1.807) is 12.2 Å². The third kappa shape index (κ3) is 33.2. The van der Waals surface area contributed by atoms with Crippen LogP contribution in [0.2, 0.25) is 0 Å². The van der Waals surface area contributed by atoms with Crippen molar-refractivity contribution in [1.82, 2.24) is 0 Å². The molecule has 0 spiro atoms. The molecule has 0 aliphatic heterocycles. The van der Waals surface area contributed by atoms with Gasteiger partial charge in [0.1, 0.15) is 18.5 Å². The Morgan fingerprint density at radius 1 is 0.688 bits per heavy atom. The van der Waals surface area contributed by atoms with E-state index in [0.717, 1.165) is 77.0 Å². The number of phosphoric ester groups is 2. The van der Waals surface area contributed by atoms with Gasteiger partial charge in [0.15, 0.2) is 6.10 Å². The van der Waals surface area contributed by atoms with E-state index in [1.165, 1.54) is 19.3 Å². The molecule has 370 valence electrons. The van der Waals surface area contributed by atoms with Crippen molar-refractivity contribution >= 4 is 33.4 Å². The summed E-state index contributed by atoms with van der Waals surface area (Å²) in [7, 11) is -9.78. The maximum atomic E-state index is 12.7. The van der Waals surface area contributed by atoms with E-state index < -0.39 is 84.3 Å². The molecule has 18 heteroatoms. The van der Waals surface area contributed by atoms with Gasteiger partial charge in [0.2, 0.25) is 0 Å². The Balaban J connectivity index is 2.55. The van der Waals surface area contributed by atoms with Gasteiger partial charge in [-0.2, -0.15) is 0 Å². The van der Waals surface area contributed by atoms with Crippen molar-refractivity contribution in [1.29, 1.82) is 0 Å². The summed E-state index contributed by atoms with van der Waals surface area (Å²) in [6.45, 7) is 1.32. The summed E-state index contributed by atoms with van der Waals surface area (Å²) in [5, 5.41) is 30.5. The second kappa shape index (κ2) is 36.7. The topological polar surface area (TPSA) is 253 Å². The van der Waals surface area contributed by atoms with E-state index in [9.17, 15) is 43.7 Å². The van der Waals surface area contributed by atoms with E-state index in [4.69, 9.17) is 23.8 Å². The van der Waals surface area contributed by atoms with Crippen molar-refractivity contribution in [2.24, 2.45) is 11.8 Å². The number of carbonyl (C=O) groups is 3. The number of carbonyl (C=O) groups excluding carboxylic acids is 3. The molecule has 1 aliphatic carbocycles. The first-order valence-corrected chi connectivity index (χ1v) is 26.5. The van der Waals surface area contributed by atoms with Crippen molar-refractivity contribution in [3.8, 4) is 0 Å². The highest BCUT2D eigenvalue weighted by Crippen LogP contribution is 2.44. The fourth-order valence-electron chi connectivity index (χ4n) is 6.89. The van der Waals surface area contributed by atoms with Gasteiger partial charge in [0.05, 0.1) is 32.0 Å². The molecule has 6 N–H and O–H groups in total. The van der Waals surface area contributed by atoms with Crippen molar-refractivity contribution in [2.45, 2.75) is 186 Å². The lowest BCUT2D eigenvalue weighted by Gasteiger charge is -2.20. The Hall–Kier alpha value is -2.33. The molecule has 0 aromatic heterocycles. The van der Waals surface area contributed by atoms with Crippen LogP contribution in [0.4, 0.5) is 0 Å². The molecule has 16 nitrogen and oxygen atoms in total. The Kier molecular flexibility index (Phi) is 34.3. The number of aliphatic hydroxyl groups excluding tert-OH is 3. The summed E-state index contributed by atoms with van der Waals surface area (Å²) < 4.78 is 47.8. The van der Waals surface area contributed by atoms with Gasteiger partial charge in [-0.15, -0.1) is 0 Å². The highest BCUT2D eigenvalue weighted by Gasteiger charge is 2.39. The molecule has 1 saturated carbocycles. The molecule has 7 atom stereocenters. The van der Waals surface area contributed by atoms with Crippen LogP contribution in [0.15, 0.2) is 48.6 Å². The van der Waals surface area contributed by atoms with Crippen LogP contribution in [0.25, 0.3) is 0 Å². The summed E-state index contributed by atoms with van der Waals surface area (Å²) >= 11 is 0. The van der Waals surface area contributed by atoms with E-state index in [-0.39, 0.29) is 31.0 Å². The number of hydrogen-bond acceptors (Lipinski definition) is 13. The van der Waals surface area contributed by atoms with Gasteiger partial charge in [0, 0.05) is 31.1 Å². The molecule has 0 saturated heterocycles. The molecule has 1 aliphatic rings. The number of hydrogen-bond donors (Lipinski definition) is 6. The molecule has 1 fully saturated rings. The van der Waals surface area contributed by atoms with Crippen molar-refractivity contribution in [2.75, 3.05) is 26.4 Å². The minimum Gasteiger partial charge on any atom is -0.462 e. The maximum absolute atomic E-state index is 12.7. The first-order valence-electron chi connectivity index (χ1n) is 23.4. The third-order valence-corrected chi connectivity index (χ3v) is 12.0. The summed E-state index contributed by atoms with van der Waals surface area (Å²) in [5.74, 6) is -2.10. The number of esters is 2. The number of phosphoric acid groups is 2. The smallest absolute Gasteiger partial charge is 0.462 e. The quantitative estimate of drug-likeness (QED) is 0.0145. The minimum absolute atomic E-state index is 0.00140. The van der Waals surface area contributed by atoms with Gasteiger partial charge in [-0.25, -0.2) is 9.13 Å². The van der Waals surface area contributed by atoms with Crippen LogP contribution in [-0.2, 0) is 46.6 Å². The van der Waals surface area contributed by atoms with Gasteiger partial charge in [0.25, 0.3) is 0 Å². The van der Waals surface area contributed by atoms with Gasteiger partial charge < -0.3 is 39.5 Å². The zero-order chi connectivity index (χ0) is 47.5. The Morgan fingerprint density at radius 3 is 1.92 bits per heavy atom. The fraction of sp³-hybridized carbons (Fsp3) is 0.761. The Bertz CT molecular complexity index is 1480. The second-order valence-electron chi connectivity index (χ2n) is 16.5. The summed E-state index contributed by atoms with van der Waals surface area (Å²) in [6, 6.07) is 0. The number of rotatable bonds is 40. The van der Waals surface area contributed by atoms with E-state index in [1.807, 2.05) is 12.2 Å². The molecule has 0 radical (unpaired) electrons. The number of allylic oxidation sites excluding steroid dienone is 7. The van der Waals surface area contributed by atoms with Gasteiger partial charge >= 0.3 is 27.6 Å². The van der Waals surface area contributed by atoms with Crippen LogP contribution in [0, 0.1) is 11.8 Å². The number of Topliss-reactive ketones (excluding diaryl/α,β-unsaturated/α-hetero) is 1. The molecule has 0 aromatic carbocycles. The molecule has 0 aromatic rings. The van der Waals surface area contributed by atoms with Crippen LogP contribution in [-0.4, -0.2) is 98.6 Å². The first kappa shape index (κ1) is 59.7. The Labute approximate surface area is 381 Å². The molecule has 1 rings (SSSR count). The lowest BCUT2D eigenvalue weighted by Crippen LogP contribution is -2.30. The zero-order valence-electron chi connectivity index (χ0n) is 38.3. The highest BCUT2D eigenvalue weighted by molar-refractivity contribution is 7.47. The lowest BCUT2D eigenvalue weighted by atomic mass is 9.90. The average Bonchev–Trinajstić information content (AvgIpc) is 3.51. The summed E-state index contributed by atoms with van der Waals surface area (Å²) in [6.07, 6.45) is 30.3. The SMILES string of the molecule is CCCCC/C=C\C/C=C\CCCCCCCCCC(=O)O[C@H](COC(=O)CCC/C=C\C[C@H]1[C@@H](O)CC(=O)[C@@H]1/C=C/[C@@H](O)CCCCC)COP(=O)(O)OC[C@@H](O)COP(=O)(O)O. The monoisotopic (exact) mass is 950 g/mol. The summed E-state index contributed by atoms with van der Waals surface area (Å²) in [4.78, 5) is 65.5. The van der Waals surface area contributed by atoms with Gasteiger partial charge in [-0.3, -0.25) is 28.0 Å². The molecular weight excluding hydrogens is 870 g/mol. The number of unbranched alkanes of at least 4 members (excludes halogenated alkanes) is 13. The number of aliphatic hydroxyl groups is 3. The van der Waals surface area contributed by atoms with Crippen LogP contribution >= 0.6 is 15.6 Å². The predicted octanol–water partition coefficient (Wildman–Crippen LogP) is 8.82. The van der Waals surface area contributed by atoms with Gasteiger partial charge in [-0.1, -0.05) is 127 Å². The third-order valence-electron chi connectivity index (χ3n) is 10.6. The number of ketones is 1. The maximum Gasteiger partial charge on any atom is 0.472 e. The van der Waals surface area contributed by atoms with E-state index >= 15 is 0 Å². The van der Waals surface area contributed by atoms with Crippen molar-refractivity contribution < 1.29 is 76.6 Å². The average molecular weight is 951 g/mol. The molecule has 0 amide bonds. The molecule has 0 heterocycles. The zero-order valence-corrected chi connectivity index (χ0v) is 40.1. The van der Waals surface area contributed by atoms with Crippen LogP contribution < -0.4 is 0 Å². The molecule has 1 unspecified atom stereocenters. The number of ether oxygens (including phenoxy) is 2. The standard InChI is InChI=1S/C46H80O16P2/c1-3-5-7-8-9-10-11-12-13-14-15-16-17-18-19-20-26-30-46(52)62-40(37-61-64(56,57)60-35-39(48)34-59-63(53,54)55)36-58-45(51)29-25-22-21-24-28-41-42(44(50)33-43(41)49)32-31-38(47)27-23-6-4-2/h9-10,12-13,21,24,31-32,38-43,47-49H,3-8,11,14-20,22-23,25-30,33-37H2,1-2H3,(H,56,57)(H2,53,54,55)/b10-9-,13-12-,24-21-,32-31+/t38-,39-,40+,41+,42+,43-/m0/s1. The molecular formula is C46H80O16P2.